The van der Waals surface area contributed by atoms with Crippen molar-refractivity contribution in [1.82, 2.24) is 9.21 Å². The topological polar surface area (TPSA) is 40.6 Å². The molecule has 1 fully saturated rings. The van der Waals surface area contributed by atoms with Gasteiger partial charge < -0.3 is 0 Å². The Morgan fingerprint density at radius 2 is 1.50 bits per heavy atom. The summed E-state index contributed by atoms with van der Waals surface area (Å²) < 4.78 is 26.9. The molecule has 0 amide bonds. The van der Waals surface area contributed by atoms with Crippen LogP contribution in [0.15, 0.2) is 59.5 Å². The number of benzene rings is 2. The maximum absolute atomic E-state index is 12.7. The minimum Gasteiger partial charge on any atom is -0.294 e. The molecule has 3 rings (SSSR count). The lowest BCUT2D eigenvalue weighted by Gasteiger charge is -2.37. The molecule has 0 bridgehead atoms. The van der Waals surface area contributed by atoms with Crippen molar-refractivity contribution in [3.8, 4) is 0 Å². The summed E-state index contributed by atoms with van der Waals surface area (Å²) in [5, 5.41) is 0.754. The van der Waals surface area contributed by atoms with Gasteiger partial charge in [0.1, 0.15) is 0 Å². The van der Waals surface area contributed by atoms with Crippen LogP contribution in [0.5, 0.6) is 0 Å². The Bertz CT molecular complexity index is 788. The van der Waals surface area contributed by atoms with Crippen molar-refractivity contribution in [2.75, 3.05) is 26.2 Å². The molecule has 0 spiro atoms. The minimum absolute atomic E-state index is 0.167. The van der Waals surface area contributed by atoms with Crippen LogP contribution in [0.2, 0.25) is 5.02 Å². The highest BCUT2D eigenvalue weighted by Crippen LogP contribution is 2.28. The zero-order valence-electron chi connectivity index (χ0n) is 13.6. The lowest BCUT2D eigenvalue weighted by molar-refractivity contribution is 0.146. The quantitative estimate of drug-likeness (QED) is 0.834. The van der Waals surface area contributed by atoms with Crippen molar-refractivity contribution >= 4 is 21.6 Å². The molecule has 2 aromatic carbocycles. The molecule has 0 saturated carbocycles. The van der Waals surface area contributed by atoms with E-state index < -0.39 is 10.0 Å². The summed E-state index contributed by atoms with van der Waals surface area (Å²) in [5.74, 6) is 0. The van der Waals surface area contributed by atoms with E-state index in [0.29, 0.717) is 31.1 Å². The Morgan fingerprint density at radius 1 is 0.917 bits per heavy atom. The molecule has 4 nitrogen and oxygen atoms in total. The smallest absolute Gasteiger partial charge is 0.243 e. The molecule has 0 N–H and O–H groups in total. The van der Waals surface area contributed by atoms with Gasteiger partial charge in [-0.15, -0.1) is 0 Å². The lowest BCUT2D eigenvalue weighted by Crippen LogP contribution is -2.49. The Morgan fingerprint density at radius 3 is 2.12 bits per heavy atom. The number of hydrogen-bond acceptors (Lipinski definition) is 3. The van der Waals surface area contributed by atoms with Crippen LogP contribution in [-0.4, -0.2) is 43.8 Å². The molecule has 1 saturated heterocycles. The predicted molar refractivity (Wildman–Crippen MR) is 96.6 cm³/mol. The van der Waals surface area contributed by atoms with E-state index in [-0.39, 0.29) is 6.04 Å². The molecule has 1 atom stereocenters. The summed E-state index contributed by atoms with van der Waals surface area (Å²) in [4.78, 5) is 2.63. The molecular weight excluding hydrogens is 344 g/mol. The minimum atomic E-state index is -3.40. The first kappa shape index (κ1) is 17.4. The van der Waals surface area contributed by atoms with Crippen LogP contribution < -0.4 is 0 Å². The Labute approximate surface area is 148 Å². The van der Waals surface area contributed by atoms with Crippen LogP contribution in [0.4, 0.5) is 0 Å². The first-order valence-electron chi connectivity index (χ1n) is 8.04. The molecule has 0 unspecified atom stereocenters. The predicted octanol–water partition coefficient (Wildman–Crippen LogP) is 3.41. The molecular formula is C18H21ClN2O2S. The second-order valence-corrected chi connectivity index (χ2v) is 8.30. The van der Waals surface area contributed by atoms with Crippen LogP contribution in [0.25, 0.3) is 0 Å². The maximum atomic E-state index is 12.7. The van der Waals surface area contributed by atoms with E-state index in [2.05, 4.69) is 11.8 Å². The van der Waals surface area contributed by atoms with Gasteiger partial charge in [-0.3, -0.25) is 4.90 Å². The third kappa shape index (κ3) is 3.49. The van der Waals surface area contributed by atoms with Crippen LogP contribution in [0.1, 0.15) is 18.5 Å². The maximum Gasteiger partial charge on any atom is 0.243 e. The monoisotopic (exact) mass is 364 g/mol. The van der Waals surface area contributed by atoms with Gasteiger partial charge in [0.2, 0.25) is 10.0 Å². The fourth-order valence-electron chi connectivity index (χ4n) is 3.08. The number of rotatable bonds is 4. The molecule has 24 heavy (non-hydrogen) atoms. The van der Waals surface area contributed by atoms with E-state index in [1.54, 1.807) is 28.6 Å². The highest BCUT2D eigenvalue weighted by molar-refractivity contribution is 7.89. The van der Waals surface area contributed by atoms with Crippen LogP contribution in [0.3, 0.4) is 0 Å². The van der Waals surface area contributed by atoms with Crippen LogP contribution >= 0.6 is 11.6 Å². The zero-order valence-corrected chi connectivity index (χ0v) is 15.2. The molecule has 0 aromatic heterocycles. The molecule has 1 aliphatic rings. The van der Waals surface area contributed by atoms with Gasteiger partial charge in [0.15, 0.2) is 0 Å². The summed E-state index contributed by atoms with van der Waals surface area (Å²) in [6.07, 6.45) is 0. The van der Waals surface area contributed by atoms with E-state index >= 15 is 0 Å². The van der Waals surface area contributed by atoms with E-state index in [1.165, 1.54) is 0 Å². The first-order valence-corrected chi connectivity index (χ1v) is 9.85. The van der Waals surface area contributed by atoms with Gasteiger partial charge in [0.05, 0.1) is 4.90 Å². The second kappa shape index (κ2) is 7.23. The molecule has 6 heteroatoms. The van der Waals surface area contributed by atoms with Crippen molar-refractivity contribution < 1.29 is 8.42 Å². The van der Waals surface area contributed by atoms with Crippen LogP contribution in [0, 0.1) is 0 Å². The summed E-state index contributed by atoms with van der Waals surface area (Å²) >= 11 is 6.29. The normalized spacial score (nSPS) is 18.4. The van der Waals surface area contributed by atoms with Gasteiger partial charge in [-0.25, -0.2) is 8.42 Å². The second-order valence-electron chi connectivity index (χ2n) is 5.95. The van der Waals surface area contributed by atoms with Gasteiger partial charge in [0.25, 0.3) is 0 Å². The average molecular weight is 365 g/mol. The first-order chi connectivity index (χ1) is 11.5. The Kier molecular flexibility index (Phi) is 5.25. The summed E-state index contributed by atoms with van der Waals surface area (Å²) in [7, 11) is -3.40. The molecule has 0 radical (unpaired) electrons. The van der Waals surface area contributed by atoms with Gasteiger partial charge >= 0.3 is 0 Å². The molecule has 128 valence electrons. The lowest BCUT2D eigenvalue weighted by atomic mass is 10.1. The average Bonchev–Trinajstić information content (AvgIpc) is 2.62. The summed E-state index contributed by atoms with van der Waals surface area (Å²) in [6, 6.07) is 16.6. The van der Waals surface area contributed by atoms with Gasteiger partial charge in [-0.2, -0.15) is 4.31 Å². The standard InChI is InChI=1S/C18H21ClN2O2S/c1-15(17-9-5-6-10-18(17)19)20-11-13-21(14-12-20)24(22,23)16-7-3-2-4-8-16/h2-10,15H,11-14H2,1H3/t15-/m0/s1. The van der Waals surface area contributed by atoms with Crippen molar-refractivity contribution in [3.63, 3.8) is 0 Å². The van der Waals surface area contributed by atoms with E-state index in [0.717, 1.165) is 10.6 Å². The van der Waals surface area contributed by atoms with Gasteiger partial charge in [-0.1, -0.05) is 48.0 Å². The molecule has 2 aromatic rings. The van der Waals surface area contributed by atoms with E-state index in [4.69, 9.17) is 11.6 Å². The highest BCUT2D eigenvalue weighted by Gasteiger charge is 2.30. The molecule has 0 aliphatic carbocycles. The summed E-state index contributed by atoms with van der Waals surface area (Å²) in [6.45, 7) is 4.48. The third-order valence-corrected chi connectivity index (χ3v) is 6.81. The Hall–Kier alpha value is -1.40. The van der Waals surface area contributed by atoms with Gasteiger partial charge in [-0.05, 0) is 30.7 Å². The van der Waals surface area contributed by atoms with Crippen LogP contribution in [-0.2, 0) is 10.0 Å². The largest absolute Gasteiger partial charge is 0.294 e. The van der Waals surface area contributed by atoms with E-state index in [1.807, 2.05) is 30.3 Å². The zero-order chi connectivity index (χ0) is 17.2. The number of hydrogen-bond donors (Lipinski definition) is 0. The van der Waals surface area contributed by atoms with Gasteiger partial charge in [0, 0.05) is 37.2 Å². The fraction of sp³-hybridized carbons (Fsp3) is 0.333. The van der Waals surface area contributed by atoms with Crippen molar-refractivity contribution in [2.24, 2.45) is 0 Å². The molecule has 1 heterocycles. The fourth-order valence-corrected chi connectivity index (χ4v) is 4.82. The third-order valence-electron chi connectivity index (χ3n) is 4.56. The number of sulfonamides is 1. The summed E-state index contributed by atoms with van der Waals surface area (Å²) in [5.41, 5.74) is 1.08. The highest BCUT2D eigenvalue weighted by atomic mass is 35.5. The number of piperazine rings is 1. The van der Waals surface area contributed by atoms with Crippen molar-refractivity contribution in [3.05, 3.63) is 65.2 Å². The molecule has 1 aliphatic heterocycles. The Balaban J connectivity index is 1.69. The van der Waals surface area contributed by atoms with E-state index in [9.17, 15) is 8.42 Å². The van der Waals surface area contributed by atoms with Crippen molar-refractivity contribution in [1.29, 1.82) is 0 Å². The van der Waals surface area contributed by atoms with Crippen molar-refractivity contribution in [2.45, 2.75) is 17.9 Å². The number of halogens is 1. The SMILES string of the molecule is C[C@@H](c1ccccc1Cl)N1CCN(S(=O)(=O)c2ccccc2)CC1. The number of nitrogens with zero attached hydrogens (tertiary/aromatic N) is 2.